The SMILES string of the molecule is CC(C(=O)NC1CCCCC1)N(Cc1ccc(Cl)cc1Cl)C(=O)CN(c1ccc(I)cc1)S(=O)(=O)c1ccccc1. The monoisotopic (exact) mass is 727 g/mol. The van der Waals surface area contributed by atoms with Crippen molar-refractivity contribution >= 4 is 73.3 Å². The standard InChI is InChI=1S/C30H32Cl2IN3O4S/c1-21(30(38)34-25-8-4-2-5-9-25)35(19-22-12-13-23(31)18-28(22)32)29(37)20-36(26-16-14-24(33)15-17-26)41(39,40)27-10-6-3-7-11-27/h3,6-7,10-18,21,25H,2,4-5,8-9,19-20H2,1H3,(H,34,38). The molecule has 1 saturated carbocycles. The number of nitrogens with zero attached hydrogens (tertiary/aromatic N) is 2. The fraction of sp³-hybridized carbons (Fsp3) is 0.333. The molecule has 1 N–H and O–H groups in total. The molecule has 0 saturated heterocycles. The molecule has 2 amide bonds. The average molecular weight is 728 g/mol. The van der Waals surface area contributed by atoms with E-state index in [1.807, 2.05) is 0 Å². The minimum atomic E-state index is -4.11. The summed E-state index contributed by atoms with van der Waals surface area (Å²) < 4.78 is 29.7. The van der Waals surface area contributed by atoms with E-state index in [0.29, 0.717) is 21.3 Å². The van der Waals surface area contributed by atoms with Gasteiger partial charge in [-0.1, -0.05) is 66.7 Å². The molecule has 0 bridgehead atoms. The van der Waals surface area contributed by atoms with Crippen molar-refractivity contribution in [1.29, 1.82) is 0 Å². The van der Waals surface area contributed by atoms with E-state index in [1.165, 1.54) is 17.0 Å². The summed E-state index contributed by atoms with van der Waals surface area (Å²) in [5, 5.41) is 3.88. The van der Waals surface area contributed by atoms with Crippen LogP contribution in [0.2, 0.25) is 10.0 Å². The van der Waals surface area contributed by atoms with Gasteiger partial charge in [-0.3, -0.25) is 13.9 Å². The molecule has 0 radical (unpaired) electrons. The summed E-state index contributed by atoms with van der Waals surface area (Å²) in [6.45, 7) is 1.14. The first-order valence-electron chi connectivity index (χ1n) is 13.4. The molecule has 1 aliphatic rings. The molecule has 11 heteroatoms. The molecule has 0 aromatic heterocycles. The van der Waals surface area contributed by atoms with Gasteiger partial charge >= 0.3 is 0 Å². The highest BCUT2D eigenvalue weighted by Gasteiger charge is 2.33. The Hall–Kier alpha value is -2.34. The topological polar surface area (TPSA) is 86.8 Å². The smallest absolute Gasteiger partial charge is 0.264 e. The van der Waals surface area contributed by atoms with Crippen molar-refractivity contribution in [2.45, 2.75) is 62.6 Å². The minimum Gasteiger partial charge on any atom is -0.352 e. The molecular formula is C30H32Cl2IN3O4S. The van der Waals surface area contributed by atoms with Gasteiger partial charge in [-0.05, 0) is 96.5 Å². The lowest BCUT2D eigenvalue weighted by molar-refractivity contribution is -0.139. The molecule has 4 rings (SSSR count). The zero-order chi connectivity index (χ0) is 29.6. The molecule has 41 heavy (non-hydrogen) atoms. The van der Waals surface area contributed by atoms with Crippen LogP contribution >= 0.6 is 45.8 Å². The summed E-state index contributed by atoms with van der Waals surface area (Å²) in [7, 11) is -4.11. The number of carbonyl (C=O) groups is 2. The van der Waals surface area contributed by atoms with Gasteiger partial charge in [-0.25, -0.2) is 8.42 Å². The Labute approximate surface area is 265 Å². The third-order valence-corrected chi connectivity index (χ3v) is 10.3. The highest BCUT2D eigenvalue weighted by molar-refractivity contribution is 14.1. The van der Waals surface area contributed by atoms with E-state index in [1.54, 1.807) is 67.6 Å². The maximum atomic E-state index is 14.1. The number of amides is 2. The summed E-state index contributed by atoms with van der Waals surface area (Å²) >= 11 is 14.7. The quantitative estimate of drug-likeness (QED) is 0.237. The van der Waals surface area contributed by atoms with Crippen molar-refractivity contribution in [3.05, 3.63) is 92.0 Å². The molecule has 3 aromatic carbocycles. The van der Waals surface area contributed by atoms with E-state index in [0.717, 1.165) is 40.0 Å². The van der Waals surface area contributed by atoms with Gasteiger partial charge < -0.3 is 10.2 Å². The Morgan fingerprint density at radius 1 is 0.976 bits per heavy atom. The van der Waals surface area contributed by atoms with Crippen LogP contribution < -0.4 is 9.62 Å². The predicted octanol–water partition coefficient (Wildman–Crippen LogP) is 6.66. The molecule has 0 heterocycles. The van der Waals surface area contributed by atoms with Crippen LogP contribution in [0.4, 0.5) is 5.69 Å². The fourth-order valence-corrected chi connectivity index (χ4v) is 7.10. The van der Waals surface area contributed by atoms with Gasteiger partial charge in [0.1, 0.15) is 12.6 Å². The third kappa shape index (κ3) is 8.15. The van der Waals surface area contributed by atoms with Crippen LogP contribution in [0, 0.1) is 3.57 Å². The van der Waals surface area contributed by atoms with Gasteiger partial charge in [0.05, 0.1) is 10.6 Å². The Balaban J connectivity index is 1.68. The second-order valence-corrected chi connectivity index (χ2v) is 14.0. The maximum Gasteiger partial charge on any atom is 0.264 e. The van der Waals surface area contributed by atoms with Crippen molar-refractivity contribution in [3.8, 4) is 0 Å². The van der Waals surface area contributed by atoms with E-state index in [9.17, 15) is 18.0 Å². The lowest BCUT2D eigenvalue weighted by atomic mass is 9.95. The van der Waals surface area contributed by atoms with Gasteiger partial charge in [0.2, 0.25) is 11.8 Å². The molecule has 0 aliphatic heterocycles. The number of nitrogens with one attached hydrogen (secondary N) is 1. The van der Waals surface area contributed by atoms with Crippen molar-refractivity contribution < 1.29 is 18.0 Å². The highest BCUT2D eigenvalue weighted by Crippen LogP contribution is 2.27. The van der Waals surface area contributed by atoms with Crippen molar-refractivity contribution in [1.82, 2.24) is 10.2 Å². The van der Waals surface area contributed by atoms with E-state index < -0.39 is 28.5 Å². The van der Waals surface area contributed by atoms with Crippen LogP contribution in [-0.4, -0.2) is 43.8 Å². The predicted molar refractivity (Wildman–Crippen MR) is 172 cm³/mol. The van der Waals surface area contributed by atoms with Crippen molar-refractivity contribution in [3.63, 3.8) is 0 Å². The lowest BCUT2D eigenvalue weighted by Crippen LogP contribution is -2.53. The molecule has 1 unspecified atom stereocenters. The van der Waals surface area contributed by atoms with Crippen LogP contribution in [-0.2, 0) is 26.2 Å². The average Bonchev–Trinajstić information content (AvgIpc) is 2.96. The maximum absolute atomic E-state index is 14.1. The first-order valence-corrected chi connectivity index (χ1v) is 16.7. The molecule has 3 aromatic rings. The van der Waals surface area contributed by atoms with Gasteiger partial charge in [-0.2, -0.15) is 0 Å². The zero-order valence-electron chi connectivity index (χ0n) is 22.6. The molecular weight excluding hydrogens is 696 g/mol. The summed E-state index contributed by atoms with van der Waals surface area (Å²) in [5.41, 5.74) is 0.930. The normalized spacial score (nSPS) is 14.7. The Morgan fingerprint density at radius 2 is 1.63 bits per heavy atom. The summed E-state index contributed by atoms with van der Waals surface area (Å²) in [6.07, 6.45) is 5.03. The molecule has 1 atom stereocenters. The van der Waals surface area contributed by atoms with Crippen LogP contribution in [0.25, 0.3) is 0 Å². The summed E-state index contributed by atoms with van der Waals surface area (Å²) in [6, 6.07) is 19.0. The number of sulfonamides is 1. The second kappa shape index (κ2) is 14.2. The van der Waals surface area contributed by atoms with Crippen LogP contribution in [0.3, 0.4) is 0 Å². The van der Waals surface area contributed by atoms with Crippen molar-refractivity contribution in [2.24, 2.45) is 0 Å². The minimum absolute atomic E-state index is 0.00000171. The van der Waals surface area contributed by atoms with Gasteiger partial charge in [0, 0.05) is 26.2 Å². The first kappa shape index (κ1) is 31.6. The van der Waals surface area contributed by atoms with Crippen LogP contribution in [0.15, 0.2) is 77.7 Å². The fourth-order valence-electron chi connectivity index (χ4n) is 4.84. The molecule has 218 valence electrons. The Kier molecular flexibility index (Phi) is 11.0. The number of rotatable bonds is 10. The Bertz CT molecular complexity index is 1470. The van der Waals surface area contributed by atoms with Gasteiger partial charge in [0.25, 0.3) is 10.0 Å². The molecule has 1 aliphatic carbocycles. The van der Waals surface area contributed by atoms with Crippen LogP contribution in [0.5, 0.6) is 0 Å². The number of hydrogen-bond donors (Lipinski definition) is 1. The third-order valence-electron chi connectivity index (χ3n) is 7.20. The van der Waals surface area contributed by atoms with E-state index >= 15 is 0 Å². The van der Waals surface area contributed by atoms with E-state index in [4.69, 9.17) is 23.2 Å². The molecule has 0 spiro atoms. The van der Waals surface area contributed by atoms with Gasteiger partial charge in [-0.15, -0.1) is 0 Å². The molecule has 7 nitrogen and oxygen atoms in total. The second-order valence-electron chi connectivity index (χ2n) is 10.1. The van der Waals surface area contributed by atoms with Crippen LogP contribution in [0.1, 0.15) is 44.6 Å². The molecule has 1 fully saturated rings. The number of halogens is 3. The zero-order valence-corrected chi connectivity index (χ0v) is 27.1. The lowest BCUT2D eigenvalue weighted by Gasteiger charge is -2.33. The number of benzene rings is 3. The van der Waals surface area contributed by atoms with Crippen molar-refractivity contribution in [2.75, 3.05) is 10.8 Å². The van der Waals surface area contributed by atoms with E-state index in [2.05, 4.69) is 27.9 Å². The summed E-state index contributed by atoms with van der Waals surface area (Å²) in [5.74, 6) is -0.831. The van der Waals surface area contributed by atoms with E-state index in [-0.39, 0.29) is 23.4 Å². The van der Waals surface area contributed by atoms with Gasteiger partial charge in [0.15, 0.2) is 0 Å². The highest BCUT2D eigenvalue weighted by atomic mass is 127. The first-order chi connectivity index (χ1) is 19.6. The number of carbonyl (C=O) groups excluding carboxylic acids is 2. The number of anilines is 1. The summed E-state index contributed by atoms with van der Waals surface area (Å²) in [4.78, 5) is 28.9. The number of hydrogen-bond acceptors (Lipinski definition) is 4. The Morgan fingerprint density at radius 3 is 2.27 bits per heavy atom. The largest absolute Gasteiger partial charge is 0.352 e.